The first-order valence-electron chi connectivity index (χ1n) is 3.85. The summed E-state index contributed by atoms with van der Waals surface area (Å²) in [6.07, 6.45) is -4.65. The van der Waals surface area contributed by atoms with E-state index in [2.05, 4.69) is 0 Å². The molecule has 0 aliphatic heterocycles. The van der Waals surface area contributed by atoms with E-state index in [9.17, 15) is 13.2 Å². The number of hydrogen-bond acceptors (Lipinski definition) is 4. The molecule has 0 aliphatic carbocycles. The van der Waals surface area contributed by atoms with Crippen LogP contribution in [0.4, 0.5) is 18.9 Å². The minimum Gasteiger partial charge on any atom is -0.392 e. The number of anilines is 1. The molecule has 4 nitrogen and oxygen atoms in total. The predicted octanol–water partition coefficient (Wildman–Crippen LogP) is 1.78. The van der Waals surface area contributed by atoms with Crippen molar-refractivity contribution < 1.29 is 28.7 Å². The van der Waals surface area contributed by atoms with Crippen molar-refractivity contribution in [3.05, 3.63) is 29.3 Å². The number of alkyl halides is 3. The van der Waals surface area contributed by atoms with Crippen LogP contribution in [0.1, 0.15) is 11.1 Å². The van der Waals surface area contributed by atoms with Crippen LogP contribution < -0.4 is 5.23 Å². The molecule has 0 saturated heterocycles. The quantitative estimate of drug-likeness (QED) is 0.669. The molecular weight excluding hydrogens is 215 g/mol. The second-order valence-electron chi connectivity index (χ2n) is 2.79. The lowest BCUT2D eigenvalue weighted by Gasteiger charge is -2.14. The predicted molar refractivity (Wildman–Crippen MR) is 43.4 cm³/mol. The summed E-state index contributed by atoms with van der Waals surface area (Å²) < 4.78 is 37.2. The largest absolute Gasteiger partial charge is 0.416 e. The maximum Gasteiger partial charge on any atom is 0.416 e. The third kappa shape index (κ3) is 2.58. The Morgan fingerprint density at radius 2 is 1.80 bits per heavy atom. The normalized spacial score (nSPS) is 11.6. The molecule has 0 aliphatic rings. The van der Waals surface area contributed by atoms with Crippen LogP contribution in [0, 0.1) is 0 Å². The molecule has 15 heavy (non-hydrogen) atoms. The van der Waals surface area contributed by atoms with Crippen molar-refractivity contribution >= 4 is 5.69 Å². The number of nitrogens with zero attached hydrogens (tertiary/aromatic N) is 1. The van der Waals surface area contributed by atoms with Crippen LogP contribution in [0.2, 0.25) is 0 Å². The van der Waals surface area contributed by atoms with Gasteiger partial charge in [0, 0.05) is 0 Å². The monoisotopic (exact) mass is 223 g/mol. The molecule has 7 heteroatoms. The van der Waals surface area contributed by atoms with Gasteiger partial charge in [-0.3, -0.25) is 10.4 Å². The maximum atomic E-state index is 12.4. The van der Waals surface area contributed by atoms with Crippen LogP contribution in [-0.2, 0) is 12.8 Å². The van der Waals surface area contributed by atoms with Gasteiger partial charge in [0.05, 0.1) is 17.9 Å². The molecule has 1 rings (SSSR count). The molecule has 0 atom stereocenters. The second kappa shape index (κ2) is 4.05. The van der Waals surface area contributed by atoms with Gasteiger partial charge in [0.2, 0.25) is 0 Å². The van der Waals surface area contributed by atoms with Crippen LogP contribution in [0.5, 0.6) is 0 Å². The Morgan fingerprint density at radius 1 is 1.20 bits per heavy atom. The molecule has 0 bridgehead atoms. The average Bonchev–Trinajstić information content (AvgIpc) is 2.15. The lowest BCUT2D eigenvalue weighted by Crippen LogP contribution is -2.15. The van der Waals surface area contributed by atoms with Crippen LogP contribution in [0.15, 0.2) is 18.2 Å². The molecule has 0 spiro atoms. The summed E-state index contributed by atoms with van der Waals surface area (Å²) in [6, 6.07) is 2.55. The minimum atomic E-state index is -4.65. The van der Waals surface area contributed by atoms with E-state index in [0.29, 0.717) is 6.07 Å². The summed E-state index contributed by atoms with van der Waals surface area (Å²) in [6.45, 7) is -0.772. The van der Waals surface area contributed by atoms with Gasteiger partial charge in [0.1, 0.15) is 0 Å². The van der Waals surface area contributed by atoms with Gasteiger partial charge in [-0.05, 0) is 17.7 Å². The van der Waals surface area contributed by atoms with E-state index in [1.807, 2.05) is 0 Å². The summed E-state index contributed by atoms with van der Waals surface area (Å²) in [5, 5.41) is 25.3. The first-order chi connectivity index (χ1) is 6.86. The van der Waals surface area contributed by atoms with Crippen LogP contribution >= 0.6 is 0 Å². The Morgan fingerprint density at radius 3 is 2.20 bits per heavy atom. The Hall–Kier alpha value is -1.31. The number of aliphatic hydroxyl groups is 1. The lowest BCUT2D eigenvalue weighted by molar-refractivity contribution is -0.138. The molecule has 0 aromatic heterocycles. The standard InChI is InChI=1S/C8H8F3NO3/c9-8(10,11)7-3-6(12(14)15)2-1-5(7)4-13/h1-3,13-15H,4H2. The number of halogens is 3. The number of hydrogen-bond donors (Lipinski definition) is 3. The zero-order valence-electron chi connectivity index (χ0n) is 7.36. The molecule has 84 valence electrons. The molecule has 0 saturated carbocycles. The summed E-state index contributed by atoms with van der Waals surface area (Å²) in [5.41, 5.74) is -1.86. The molecule has 1 aromatic rings. The van der Waals surface area contributed by atoms with Gasteiger partial charge < -0.3 is 5.11 Å². The Kier molecular flexibility index (Phi) is 3.18. The van der Waals surface area contributed by atoms with Crippen molar-refractivity contribution in [2.24, 2.45) is 0 Å². The Bertz CT molecular complexity index is 351. The highest BCUT2D eigenvalue weighted by Gasteiger charge is 2.33. The molecule has 0 heterocycles. The average molecular weight is 223 g/mol. The fraction of sp³-hybridized carbons (Fsp3) is 0.250. The topological polar surface area (TPSA) is 63.9 Å². The first kappa shape index (κ1) is 11.8. The summed E-state index contributed by atoms with van der Waals surface area (Å²) in [7, 11) is 0. The van der Waals surface area contributed by atoms with Gasteiger partial charge in [0.25, 0.3) is 0 Å². The van der Waals surface area contributed by atoms with Crippen LogP contribution in [0.25, 0.3) is 0 Å². The van der Waals surface area contributed by atoms with E-state index >= 15 is 0 Å². The fourth-order valence-electron chi connectivity index (χ4n) is 1.09. The van der Waals surface area contributed by atoms with Crippen molar-refractivity contribution in [2.45, 2.75) is 12.8 Å². The maximum absolute atomic E-state index is 12.4. The number of benzene rings is 1. The summed E-state index contributed by atoms with van der Waals surface area (Å²) in [5.74, 6) is 0. The molecule has 0 amide bonds. The number of aliphatic hydroxyl groups excluding tert-OH is 1. The van der Waals surface area contributed by atoms with Gasteiger partial charge in [-0.2, -0.15) is 13.2 Å². The SMILES string of the molecule is OCc1ccc(N(O)O)cc1C(F)(F)F. The highest BCUT2D eigenvalue weighted by Crippen LogP contribution is 2.34. The van der Waals surface area contributed by atoms with Crippen molar-refractivity contribution in [1.82, 2.24) is 0 Å². The molecule has 3 N–H and O–H groups in total. The first-order valence-corrected chi connectivity index (χ1v) is 3.85. The van der Waals surface area contributed by atoms with Crippen molar-refractivity contribution in [2.75, 3.05) is 5.23 Å². The van der Waals surface area contributed by atoms with Gasteiger partial charge in [-0.1, -0.05) is 6.07 Å². The van der Waals surface area contributed by atoms with Crippen LogP contribution in [0.3, 0.4) is 0 Å². The highest BCUT2D eigenvalue weighted by atomic mass is 19.4. The van der Waals surface area contributed by atoms with Gasteiger partial charge >= 0.3 is 6.18 Å². The van der Waals surface area contributed by atoms with Gasteiger partial charge in [-0.25, -0.2) is 0 Å². The molecule has 1 aromatic carbocycles. The highest BCUT2D eigenvalue weighted by molar-refractivity contribution is 5.48. The van der Waals surface area contributed by atoms with Gasteiger partial charge in [0.15, 0.2) is 0 Å². The second-order valence-corrected chi connectivity index (χ2v) is 2.79. The van der Waals surface area contributed by atoms with E-state index in [0.717, 1.165) is 12.1 Å². The fourth-order valence-corrected chi connectivity index (χ4v) is 1.09. The van der Waals surface area contributed by atoms with Crippen molar-refractivity contribution in [3.63, 3.8) is 0 Å². The van der Waals surface area contributed by atoms with E-state index < -0.39 is 29.3 Å². The van der Waals surface area contributed by atoms with E-state index in [-0.39, 0.29) is 5.56 Å². The zero-order chi connectivity index (χ0) is 11.6. The number of rotatable bonds is 2. The van der Waals surface area contributed by atoms with Crippen molar-refractivity contribution in [1.29, 1.82) is 0 Å². The third-order valence-electron chi connectivity index (χ3n) is 1.80. The smallest absolute Gasteiger partial charge is 0.392 e. The summed E-state index contributed by atoms with van der Waals surface area (Å²) in [4.78, 5) is 0. The molecule has 0 fully saturated rings. The molecule has 0 radical (unpaired) electrons. The Balaban J connectivity index is 3.26. The summed E-state index contributed by atoms with van der Waals surface area (Å²) >= 11 is 0. The van der Waals surface area contributed by atoms with E-state index in [1.165, 1.54) is 0 Å². The molecular formula is C8H8F3NO3. The van der Waals surface area contributed by atoms with E-state index in [4.69, 9.17) is 15.5 Å². The zero-order valence-corrected chi connectivity index (χ0v) is 7.36. The van der Waals surface area contributed by atoms with E-state index in [1.54, 1.807) is 0 Å². The lowest BCUT2D eigenvalue weighted by atomic mass is 10.1. The minimum absolute atomic E-state index is 0.326. The van der Waals surface area contributed by atoms with Gasteiger partial charge in [-0.15, -0.1) is 5.23 Å². The van der Waals surface area contributed by atoms with Crippen LogP contribution in [-0.4, -0.2) is 15.5 Å². The van der Waals surface area contributed by atoms with Crippen molar-refractivity contribution in [3.8, 4) is 0 Å². The third-order valence-corrected chi connectivity index (χ3v) is 1.80. The molecule has 0 unspecified atom stereocenters. The Labute approximate surface area is 82.7 Å².